The van der Waals surface area contributed by atoms with E-state index in [0.29, 0.717) is 24.2 Å². The number of hydrazone groups is 1. The van der Waals surface area contributed by atoms with Gasteiger partial charge in [0.15, 0.2) is 0 Å². The van der Waals surface area contributed by atoms with Gasteiger partial charge in [-0.3, -0.25) is 14.9 Å². The van der Waals surface area contributed by atoms with Gasteiger partial charge in [0.25, 0.3) is 11.6 Å². The van der Waals surface area contributed by atoms with Gasteiger partial charge in [0.2, 0.25) is 0 Å². The van der Waals surface area contributed by atoms with Crippen LogP contribution in [0.25, 0.3) is 0 Å². The van der Waals surface area contributed by atoms with Crippen LogP contribution < -0.4 is 5.01 Å². The summed E-state index contributed by atoms with van der Waals surface area (Å²) in [6.07, 6.45) is 4.26. The largest absolute Gasteiger partial charge is 0.496 e. The van der Waals surface area contributed by atoms with Gasteiger partial charge in [-0.25, -0.2) is 0 Å². The van der Waals surface area contributed by atoms with Gasteiger partial charge < -0.3 is 4.74 Å². The van der Waals surface area contributed by atoms with Crippen molar-refractivity contribution < 1.29 is 14.5 Å². The van der Waals surface area contributed by atoms with Gasteiger partial charge in [0.1, 0.15) is 0 Å². The minimum Gasteiger partial charge on any atom is -0.496 e. The summed E-state index contributed by atoms with van der Waals surface area (Å²) in [5, 5.41) is 17.0. The van der Waals surface area contributed by atoms with Crippen molar-refractivity contribution in [3.8, 4) is 0 Å². The van der Waals surface area contributed by atoms with Crippen LogP contribution in [0, 0.1) is 15.5 Å². The summed E-state index contributed by atoms with van der Waals surface area (Å²) in [4.78, 5) is 24.2. The average molecular weight is 421 g/mol. The van der Waals surface area contributed by atoms with Crippen LogP contribution in [-0.2, 0) is 16.0 Å². The number of allylic oxidation sites excluding steroid dienone is 1. The number of carbonyl (C=O) groups excluding carboxylic acids is 1. The van der Waals surface area contributed by atoms with Gasteiger partial charge in [-0.15, -0.1) is 0 Å². The van der Waals surface area contributed by atoms with Crippen LogP contribution in [0.15, 0.2) is 72.0 Å². The first-order chi connectivity index (χ1) is 14.6. The van der Waals surface area contributed by atoms with Crippen LogP contribution in [0.5, 0.6) is 0 Å². The van der Waals surface area contributed by atoms with E-state index in [1.54, 1.807) is 18.4 Å². The number of hydrogen-bond donors (Lipinski definition) is 0. The van der Waals surface area contributed by atoms with Crippen molar-refractivity contribution in [2.24, 2.45) is 10.5 Å². The van der Waals surface area contributed by atoms with Crippen molar-refractivity contribution in [1.29, 1.82) is 0 Å². The van der Waals surface area contributed by atoms with E-state index < -0.39 is 10.3 Å². The molecule has 0 saturated carbocycles. The van der Waals surface area contributed by atoms with Crippen molar-refractivity contribution in [2.45, 2.75) is 46.1 Å². The number of carbonyl (C=O) groups is 1. The summed E-state index contributed by atoms with van der Waals surface area (Å²) in [6, 6.07) is 15.6. The third kappa shape index (κ3) is 4.99. The third-order valence-corrected chi connectivity index (χ3v) is 5.18. The molecule has 0 N–H and O–H groups in total. The first kappa shape index (κ1) is 22.2. The SMILES string of the molecule is CC1=NN(c2ccccc2)C(=O)[C@@]1(C/C=C/OC(C)(C)C)Cc1ccc([N+](=O)[O-])cc1. The summed E-state index contributed by atoms with van der Waals surface area (Å²) >= 11 is 0. The average Bonchev–Trinajstić information content (AvgIpc) is 2.97. The van der Waals surface area contributed by atoms with Gasteiger partial charge >= 0.3 is 0 Å². The minimum atomic E-state index is -0.899. The normalized spacial score (nSPS) is 19.0. The Kier molecular flexibility index (Phi) is 6.24. The number of hydrogen-bond acceptors (Lipinski definition) is 5. The van der Waals surface area contributed by atoms with Crippen LogP contribution >= 0.6 is 0 Å². The number of anilines is 1. The van der Waals surface area contributed by atoms with Gasteiger partial charge in [-0.05, 0) is 64.3 Å². The van der Waals surface area contributed by atoms with Gasteiger partial charge in [0.05, 0.1) is 33.6 Å². The molecule has 162 valence electrons. The molecule has 0 saturated heterocycles. The smallest absolute Gasteiger partial charge is 0.269 e. The number of nitro groups is 1. The van der Waals surface area contributed by atoms with Gasteiger partial charge in [-0.1, -0.05) is 30.3 Å². The first-order valence-electron chi connectivity index (χ1n) is 10.1. The molecule has 3 rings (SSSR count). The molecule has 0 radical (unpaired) electrons. The maximum absolute atomic E-state index is 13.6. The molecule has 31 heavy (non-hydrogen) atoms. The molecule has 2 aromatic carbocycles. The Bertz CT molecular complexity index is 1010. The van der Waals surface area contributed by atoms with Crippen molar-refractivity contribution in [3.05, 3.63) is 82.6 Å². The molecule has 2 aromatic rings. The number of non-ortho nitro benzene ring substituents is 1. The molecule has 0 aromatic heterocycles. The quantitative estimate of drug-likeness (QED) is 0.346. The number of nitro benzene ring substituents is 1. The summed E-state index contributed by atoms with van der Waals surface area (Å²) in [6.45, 7) is 7.71. The van der Waals surface area contributed by atoms with E-state index >= 15 is 0 Å². The molecule has 1 atom stereocenters. The lowest BCUT2D eigenvalue weighted by Crippen LogP contribution is -2.40. The summed E-state index contributed by atoms with van der Waals surface area (Å²) in [5.41, 5.74) is 1.01. The molecule has 0 unspecified atom stereocenters. The maximum Gasteiger partial charge on any atom is 0.269 e. The zero-order valence-corrected chi connectivity index (χ0v) is 18.2. The topological polar surface area (TPSA) is 85.0 Å². The number of para-hydroxylation sites is 1. The van der Waals surface area contributed by atoms with Crippen molar-refractivity contribution in [2.75, 3.05) is 5.01 Å². The van der Waals surface area contributed by atoms with Crippen molar-refractivity contribution in [3.63, 3.8) is 0 Å². The number of benzene rings is 2. The number of amides is 1. The molecule has 1 aliphatic rings. The van der Waals surface area contributed by atoms with Crippen LogP contribution in [0.3, 0.4) is 0 Å². The number of nitrogens with zero attached hydrogens (tertiary/aromatic N) is 3. The first-order valence-corrected chi connectivity index (χ1v) is 10.1. The van der Waals surface area contributed by atoms with Crippen LogP contribution in [0.4, 0.5) is 11.4 Å². The molecule has 0 bridgehead atoms. The molecule has 1 aliphatic heterocycles. The minimum absolute atomic E-state index is 0.0188. The molecular weight excluding hydrogens is 394 g/mol. The summed E-state index contributed by atoms with van der Waals surface area (Å²) < 4.78 is 5.69. The summed E-state index contributed by atoms with van der Waals surface area (Å²) in [5.74, 6) is -0.130. The predicted molar refractivity (Wildman–Crippen MR) is 121 cm³/mol. The Morgan fingerprint density at radius 1 is 1.13 bits per heavy atom. The third-order valence-electron chi connectivity index (χ3n) is 5.18. The molecule has 1 amide bonds. The fourth-order valence-electron chi connectivity index (χ4n) is 3.49. The van der Waals surface area contributed by atoms with E-state index in [1.807, 2.05) is 64.1 Å². The highest BCUT2D eigenvalue weighted by Gasteiger charge is 2.48. The Labute approximate surface area is 182 Å². The lowest BCUT2D eigenvalue weighted by Gasteiger charge is -2.27. The Balaban J connectivity index is 1.93. The standard InChI is InChI=1S/C24H27N3O4/c1-18-24(15-8-16-31-23(2,3)4,17-19-11-13-21(14-12-19)27(29)30)22(28)26(25-18)20-9-6-5-7-10-20/h5-14,16H,15,17H2,1-4H3/b16-8+/t24-/m0/s1. The highest BCUT2D eigenvalue weighted by Crippen LogP contribution is 2.39. The molecule has 0 aliphatic carbocycles. The van der Waals surface area contributed by atoms with Crippen LogP contribution in [-0.4, -0.2) is 22.1 Å². The molecule has 7 nitrogen and oxygen atoms in total. The molecule has 0 fully saturated rings. The van der Waals surface area contributed by atoms with E-state index in [9.17, 15) is 14.9 Å². The Morgan fingerprint density at radius 3 is 2.35 bits per heavy atom. The van der Waals surface area contributed by atoms with Gasteiger partial charge in [-0.2, -0.15) is 10.1 Å². The van der Waals surface area contributed by atoms with E-state index in [2.05, 4.69) is 5.10 Å². The second-order valence-electron chi connectivity index (χ2n) is 8.63. The maximum atomic E-state index is 13.6. The second kappa shape index (κ2) is 8.71. The van der Waals surface area contributed by atoms with E-state index in [-0.39, 0.29) is 17.2 Å². The lowest BCUT2D eigenvalue weighted by molar-refractivity contribution is -0.384. The molecular formula is C24H27N3O4. The summed E-state index contributed by atoms with van der Waals surface area (Å²) in [7, 11) is 0. The molecule has 7 heteroatoms. The predicted octanol–water partition coefficient (Wildman–Crippen LogP) is 5.27. The van der Waals surface area contributed by atoms with E-state index in [0.717, 1.165) is 5.56 Å². The fourth-order valence-corrected chi connectivity index (χ4v) is 3.49. The fraction of sp³-hybridized carbons (Fsp3) is 0.333. The second-order valence-corrected chi connectivity index (χ2v) is 8.63. The van der Waals surface area contributed by atoms with Crippen LogP contribution in [0.2, 0.25) is 0 Å². The monoisotopic (exact) mass is 421 g/mol. The van der Waals surface area contributed by atoms with E-state index in [4.69, 9.17) is 4.74 Å². The number of ether oxygens (including phenoxy) is 1. The van der Waals surface area contributed by atoms with Crippen LogP contribution in [0.1, 0.15) is 39.7 Å². The highest BCUT2D eigenvalue weighted by atomic mass is 16.6. The number of rotatable bonds is 7. The van der Waals surface area contributed by atoms with Crippen molar-refractivity contribution >= 4 is 23.0 Å². The lowest BCUT2D eigenvalue weighted by atomic mass is 9.75. The zero-order valence-electron chi connectivity index (χ0n) is 18.2. The molecule has 1 heterocycles. The van der Waals surface area contributed by atoms with Crippen molar-refractivity contribution in [1.82, 2.24) is 0 Å². The van der Waals surface area contributed by atoms with E-state index in [1.165, 1.54) is 17.1 Å². The van der Waals surface area contributed by atoms with Gasteiger partial charge in [0, 0.05) is 12.1 Å². The Morgan fingerprint density at radius 2 is 1.77 bits per heavy atom. The Hall–Kier alpha value is -3.48. The molecule has 0 spiro atoms. The zero-order chi connectivity index (χ0) is 22.6. The highest BCUT2D eigenvalue weighted by molar-refractivity contribution is 6.18.